The van der Waals surface area contributed by atoms with Gasteiger partial charge in [-0.3, -0.25) is 0 Å². The van der Waals surface area contributed by atoms with Gasteiger partial charge in [0.1, 0.15) is 11.5 Å². The average Bonchev–Trinajstić information content (AvgIpc) is 1.65. The van der Waals surface area contributed by atoms with Gasteiger partial charge >= 0.3 is 0 Å². The molecule has 0 aromatic rings. The van der Waals surface area contributed by atoms with Crippen LogP contribution >= 0.6 is 11.6 Å². The van der Waals surface area contributed by atoms with E-state index < -0.39 is 11.5 Å². The quantitative estimate of drug-likeness (QED) is 0.412. The molecule has 0 saturated carbocycles. The number of hydrogen-bond acceptors (Lipinski definition) is 4. The van der Waals surface area contributed by atoms with Crippen molar-refractivity contribution in [2.75, 3.05) is 7.05 Å². The molecule has 0 heterocycles. The first-order valence-electron chi connectivity index (χ1n) is 1.76. The van der Waals surface area contributed by atoms with Crippen molar-refractivity contribution >= 4 is 23.1 Å². The second-order valence-electron chi connectivity index (χ2n) is 0.775. The van der Waals surface area contributed by atoms with Gasteiger partial charge in [-0.15, -0.1) is 0 Å². The Morgan fingerprint density at radius 3 is 1.56 bits per heavy atom. The third kappa shape index (κ3) is 168. The number of rotatable bonds is 0. The van der Waals surface area contributed by atoms with E-state index in [2.05, 4.69) is 11.6 Å². The summed E-state index contributed by atoms with van der Waals surface area (Å²) >= 11 is 4.08. The molecule has 0 spiro atoms. The molecule has 5 nitrogen and oxygen atoms in total. The third-order valence-electron chi connectivity index (χ3n) is 0.204. The molecular weight excluding hydrogens is 149 g/mol. The number of carbonyl (C=O) groups is 2. The van der Waals surface area contributed by atoms with E-state index in [9.17, 15) is 0 Å². The lowest BCUT2D eigenvalue weighted by Gasteiger charge is -1.92. The lowest BCUT2D eigenvalue weighted by Crippen LogP contribution is -2.33. The number of carbonyl (C=O) groups excluding carboxylic acids is 2. The molecule has 0 saturated heterocycles. The van der Waals surface area contributed by atoms with Crippen molar-refractivity contribution in [2.45, 2.75) is 0 Å². The van der Waals surface area contributed by atoms with Gasteiger partial charge in [-0.25, -0.2) is 0 Å². The molecule has 6 heteroatoms. The molecule has 0 radical (unpaired) electrons. The second kappa shape index (κ2) is 7.03. The zero-order valence-corrected chi connectivity index (χ0v) is 5.27. The SMILES string of the molecule is CNC(=O)[O-].O=C([O-])Cl. The summed E-state index contributed by atoms with van der Waals surface area (Å²) in [6.07, 6.45) is -1.25. The fourth-order valence-corrected chi connectivity index (χ4v) is 0. The van der Waals surface area contributed by atoms with Crippen LogP contribution in [0.5, 0.6) is 0 Å². The zero-order valence-electron chi connectivity index (χ0n) is 4.51. The highest BCUT2D eigenvalue weighted by Gasteiger charge is 1.59. The van der Waals surface area contributed by atoms with Gasteiger partial charge in [-0.2, -0.15) is 0 Å². The maximum atomic E-state index is 9.15. The third-order valence-corrected chi connectivity index (χ3v) is 0.204. The van der Waals surface area contributed by atoms with Gasteiger partial charge < -0.3 is 25.1 Å². The van der Waals surface area contributed by atoms with Gasteiger partial charge in [0, 0.05) is 7.05 Å². The van der Waals surface area contributed by atoms with Gasteiger partial charge in [0.2, 0.25) is 0 Å². The molecule has 0 aliphatic heterocycles. The molecule has 0 atom stereocenters. The maximum Gasteiger partial charge on any atom is 0.134 e. The van der Waals surface area contributed by atoms with Crippen molar-refractivity contribution in [1.29, 1.82) is 0 Å². The normalized spacial score (nSPS) is 6.44. The van der Waals surface area contributed by atoms with Crippen molar-refractivity contribution in [1.82, 2.24) is 5.32 Å². The van der Waals surface area contributed by atoms with Crippen LogP contribution in [0.2, 0.25) is 0 Å². The largest absolute Gasteiger partial charge is 0.534 e. The first-order valence-corrected chi connectivity index (χ1v) is 2.13. The summed E-state index contributed by atoms with van der Waals surface area (Å²) in [4.78, 5) is 17.8. The Balaban J connectivity index is 0. The Morgan fingerprint density at radius 1 is 1.44 bits per heavy atom. The van der Waals surface area contributed by atoms with Crippen LogP contribution in [0.15, 0.2) is 0 Å². The number of halogens is 1. The Kier molecular flexibility index (Phi) is 8.53. The van der Waals surface area contributed by atoms with Crippen molar-refractivity contribution in [2.24, 2.45) is 0 Å². The minimum Gasteiger partial charge on any atom is -0.534 e. The molecule has 9 heavy (non-hydrogen) atoms. The Hall–Kier alpha value is -0.970. The first-order chi connectivity index (χ1) is 4.00. The van der Waals surface area contributed by atoms with Crippen molar-refractivity contribution in [3.8, 4) is 0 Å². The molecular formula is C3H4ClNO4-2. The summed E-state index contributed by atoms with van der Waals surface area (Å²) in [6, 6.07) is 0. The van der Waals surface area contributed by atoms with E-state index >= 15 is 0 Å². The summed E-state index contributed by atoms with van der Waals surface area (Å²) in [7, 11) is 1.29. The van der Waals surface area contributed by atoms with Crippen molar-refractivity contribution in [3.05, 3.63) is 0 Å². The van der Waals surface area contributed by atoms with E-state index in [0.29, 0.717) is 0 Å². The Morgan fingerprint density at radius 2 is 1.56 bits per heavy atom. The second-order valence-corrected chi connectivity index (χ2v) is 1.08. The van der Waals surface area contributed by atoms with E-state index in [1.165, 1.54) is 7.05 Å². The van der Waals surface area contributed by atoms with Crippen LogP contribution in [0.1, 0.15) is 0 Å². The molecule has 0 aliphatic rings. The molecule has 0 unspecified atom stereocenters. The van der Waals surface area contributed by atoms with Gasteiger partial charge in [-0.05, 0) is 0 Å². The fraction of sp³-hybridized carbons (Fsp3) is 0.333. The van der Waals surface area contributed by atoms with E-state index in [-0.39, 0.29) is 0 Å². The zero-order chi connectivity index (χ0) is 7.86. The van der Waals surface area contributed by atoms with Crippen LogP contribution in [-0.2, 0) is 0 Å². The summed E-state index contributed by atoms with van der Waals surface area (Å²) in [5.41, 5.74) is -1.61. The van der Waals surface area contributed by atoms with Crippen molar-refractivity contribution in [3.63, 3.8) is 0 Å². The molecule has 0 fully saturated rings. The van der Waals surface area contributed by atoms with E-state index in [1.807, 2.05) is 5.32 Å². The topological polar surface area (TPSA) is 92.3 Å². The Bertz CT molecular complexity index is 100.0. The lowest BCUT2D eigenvalue weighted by molar-refractivity contribution is -0.250. The molecule has 54 valence electrons. The minimum absolute atomic E-state index is 1.25. The van der Waals surface area contributed by atoms with Crippen LogP contribution in [0.3, 0.4) is 0 Å². The molecule has 1 amide bonds. The highest BCUT2D eigenvalue weighted by atomic mass is 35.5. The summed E-state index contributed by atoms with van der Waals surface area (Å²) < 4.78 is 0. The smallest absolute Gasteiger partial charge is 0.134 e. The maximum absolute atomic E-state index is 9.15. The first kappa shape index (κ1) is 10.9. The fourth-order valence-electron chi connectivity index (χ4n) is 0. The van der Waals surface area contributed by atoms with Crippen LogP contribution in [-0.4, -0.2) is 18.6 Å². The molecule has 0 bridgehead atoms. The van der Waals surface area contributed by atoms with Gasteiger partial charge in [0.05, 0.1) is 0 Å². The van der Waals surface area contributed by atoms with E-state index in [1.54, 1.807) is 0 Å². The number of carboxylic acid groups (broad SMARTS) is 2. The predicted octanol–water partition coefficient (Wildman–Crippen LogP) is -1.88. The monoisotopic (exact) mass is 153 g/mol. The van der Waals surface area contributed by atoms with Gasteiger partial charge in [0.25, 0.3) is 0 Å². The molecule has 0 aromatic carbocycles. The molecule has 0 aliphatic carbocycles. The lowest BCUT2D eigenvalue weighted by atomic mass is 11.1. The van der Waals surface area contributed by atoms with Gasteiger partial charge in [0.15, 0.2) is 0 Å². The standard InChI is InChI=1S/C2H5NO2.CHClO2/c1-3-2(4)5;2-1(3)4/h3H,1H3,(H,4,5);(H,3,4)/p-2. The van der Waals surface area contributed by atoms with Crippen molar-refractivity contribution < 1.29 is 19.8 Å². The summed E-state index contributed by atoms with van der Waals surface area (Å²) in [6.45, 7) is 0. The number of amides is 1. The molecule has 1 N–H and O–H groups in total. The van der Waals surface area contributed by atoms with Crippen LogP contribution in [0, 0.1) is 0 Å². The number of nitrogens with one attached hydrogen (secondary N) is 1. The van der Waals surface area contributed by atoms with Crippen LogP contribution in [0.25, 0.3) is 0 Å². The predicted molar refractivity (Wildman–Crippen MR) is 25.7 cm³/mol. The van der Waals surface area contributed by atoms with E-state index in [4.69, 9.17) is 19.8 Å². The van der Waals surface area contributed by atoms with Crippen LogP contribution in [0.4, 0.5) is 9.59 Å². The van der Waals surface area contributed by atoms with E-state index in [0.717, 1.165) is 0 Å². The summed E-state index contributed by atoms with van der Waals surface area (Å²) in [5.74, 6) is 0. The molecule has 0 rings (SSSR count). The van der Waals surface area contributed by atoms with Crippen LogP contribution < -0.4 is 15.5 Å². The van der Waals surface area contributed by atoms with Gasteiger partial charge in [-0.1, -0.05) is 11.6 Å². The molecule has 0 aromatic heterocycles. The summed E-state index contributed by atoms with van der Waals surface area (Å²) in [5, 5.41) is 19.6. The highest BCUT2D eigenvalue weighted by molar-refractivity contribution is 6.59. The average molecular weight is 154 g/mol. The number of hydrogen-bond donors (Lipinski definition) is 1. The Labute approximate surface area is 56.2 Å². The minimum atomic E-state index is -1.61. The highest BCUT2D eigenvalue weighted by Crippen LogP contribution is 1.60.